The molecular weight excluding hydrogens is 214 g/mol. The van der Waals surface area contributed by atoms with Gasteiger partial charge in [0.05, 0.1) is 6.04 Å². The Morgan fingerprint density at radius 2 is 2.06 bits per heavy atom. The van der Waals surface area contributed by atoms with Crippen molar-refractivity contribution >= 4 is 0 Å². The van der Waals surface area contributed by atoms with E-state index in [0.717, 1.165) is 50.5 Å². The average Bonchev–Trinajstić information content (AvgIpc) is 2.85. The molecule has 0 aromatic carbocycles. The zero-order valence-corrected chi connectivity index (χ0v) is 10.9. The van der Waals surface area contributed by atoms with Crippen molar-refractivity contribution in [3.8, 4) is 0 Å². The second-order valence-corrected chi connectivity index (χ2v) is 4.64. The normalized spacial score (nSPS) is 19.4. The zero-order chi connectivity index (χ0) is 12.1. The predicted molar refractivity (Wildman–Crippen MR) is 68.0 cm³/mol. The Morgan fingerprint density at radius 3 is 2.65 bits per heavy atom. The van der Waals surface area contributed by atoms with E-state index >= 15 is 0 Å². The van der Waals surface area contributed by atoms with Gasteiger partial charge in [0.15, 0.2) is 0 Å². The van der Waals surface area contributed by atoms with Gasteiger partial charge in [-0.15, -0.1) is 0 Å². The van der Waals surface area contributed by atoms with Gasteiger partial charge in [-0.1, -0.05) is 13.8 Å². The van der Waals surface area contributed by atoms with Gasteiger partial charge >= 0.3 is 0 Å². The van der Waals surface area contributed by atoms with Crippen LogP contribution in [0.15, 0.2) is 16.5 Å². The van der Waals surface area contributed by atoms with Crippen LogP contribution in [0.2, 0.25) is 0 Å². The fourth-order valence-corrected chi connectivity index (χ4v) is 2.52. The van der Waals surface area contributed by atoms with Crippen molar-refractivity contribution in [3.63, 3.8) is 0 Å². The first-order valence-electron chi connectivity index (χ1n) is 6.74. The van der Waals surface area contributed by atoms with Crippen LogP contribution in [0.1, 0.15) is 44.3 Å². The lowest BCUT2D eigenvalue weighted by atomic mass is 9.90. The summed E-state index contributed by atoms with van der Waals surface area (Å²) < 4.78 is 11.3. The molecule has 2 rings (SSSR count). The van der Waals surface area contributed by atoms with Gasteiger partial charge < -0.3 is 14.5 Å². The van der Waals surface area contributed by atoms with Crippen molar-refractivity contribution in [2.24, 2.45) is 5.92 Å². The van der Waals surface area contributed by atoms with Gasteiger partial charge in [-0.05, 0) is 37.4 Å². The van der Waals surface area contributed by atoms with Gasteiger partial charge in [0.1, 0.15) is 11.5 Å². The maximum atomic E-state index is 5.90. The Bertz CT molecular complexity index is 329. The van der Waals surface area contributed by atoms with E-state index in [2.05, 4.69) is 31.3 Å². The fourth-order valence-electron chi connectivity index (χ4n) is 2.52. The first-order chi connectivity index (χ1) is 8.35. The van der Waals surface area contributed by atoms with Gasteiger partial charge in [0.2, 0.25) is 0 Å². The molecule has 96 valence electrons. The van der Waals surface area contributed by atoms with Crippen molar-refractivity contribution in [1.29, 1.82) is 0 Å². The van der Waals surface area contributed by atoms with Crippen molar-refractivity contribution < 1.29 is 9.15 Å². The van der Waals surface area contributed by atoms with Crippen LogP contribution < -0.4 is 5.32 Å². The number of hydrogen-bond acceptors (Lipinski definition) is 3. The van der Waals surface area contributed by atoms with Crippen LogP contribution in [-0.2, 0) is 11.2 Å². The van der Waals surface area contributed by atoms with Crippen LogP contribution in [0.4, 0.5) is 0 Å². The van der Waals surface area contributed by atoms with Crippen molar-refractivity contribution in [3.05, 3.63) is 23.7 Å². The number of nitrogens with one attached hydrogen (secondary N) is 1. The molecule has 3 heteroatoms. The molecule has 3 nitrogen and oxygen atoms in total. The minimum absolute atomic E-state index is 0.351. The van der Waals surface area contributed by atoms with E-state index in [1.54, 1.807) is 0 Å². The molecule has 1 aliphatic heterocycles. The highest BCUT2D eigenvalue weighted by Crippen LogP contribution is 2.31. The molecule has 17 heavy (non-hydrogen) atoms. The van der Waals surface area contributed by atoms with Crippen LogP contribution in [0.3, 0.4) is 0 Å². The second kappa shape index (κ2) is 6.22. The molecule has 1 saturated heterocycles. The quantitative estimate of drug-likeness (QED) is 0.855. The molecule has 0 saturated carbocycles. The Balaban J connectivity index is 2.09. The lowest BCUT2D eigenvalue weighted by molar-refractivity contribution is 0.0507. The Labute approximate surface area is 104 Å². The summed E-state index contributed by atoms with van der Waals surface area (Å²) in [7, 11) is 0. The van der Waals surface area contributed by atoms with E-state index in [-0.39, 0.29) is 0 Å². The summed E-state index contributed by atoms with van der Waals surface area (Å²) in [6, 6.07) is 4.57. The Kier molecular flexibility index (Phi) is 4.63. The van der Waals surface area contributed by atoms with Gasteiger partial charge in [-0.25, -0.2) is 0 Å². The number of aryl methyl sites for hydroxylation is 1. The predicted octanol–water partition coefficient (Wildman–Crippen LogP) is 2.92. The molecule has 0 aliphatic carbocycles. The summed E-state index contributed by atoms with van der Waals surface area (Å²) in [5, 5.41) is 3.56. The first-order valence-corrected chi connectivity index (χ1v) is 6.74. The van der Waals surface area contributed by atoms with Crippen LogP contribution in [0.25, 0.3) is 0 Å². The number of furan rings is 1. The molecule has 1 aromatic rings. The molecule has 2 heterocycles. The second-order valence-electron chi connectivity index (χ2n) is 4.64. The molecule has 1 fully saturated rings. The minimum atomic E-state index is 0.351. The lowest BCUT2D eigenvalue weighted by Crippen LogP contribution is -2.31. The van der Waals surface area contributed by atoms with E-state index < -0.39 is 0 Å². The molecular formula is C14H23NO2. The molecule has 0 radical (unpaired) electrons. The third kappa shape index (κ3) is 3.11. The van der Waals surface area contributed by atoms with Crippen LogP contribution in [0, 0.1) is 5.92 Å². The minimum Gasteiger partial charge on any atom is -0.464 e. The van der Waals surface area contributed by atoms with Crippen LogP contribution >= 0.6 is 0 Å². The SMILES string of the molecule is CCNC(c1ccc(CC)o1)C1CCOCC1. The Morgan fingerprint density at radius 1 is 1.29 bits per heavy atom. The Hall–Kier alpha value is -0.800. The van der Waals surface area contributed by atoms with E-state index in [1.165, 1.54) is 0 Å². The monoisotopic (exact) mass is 237 g/mol. The van der Waals surface area contributed by atoms with Gasteiger partial charge in [0, 0.05) is 19.6 Å². The smallest absolute Gasteiger partial charge is 0.121 e. The topological polar surface area (TPSA) is 34.4 Å². The molecule has 1 aromatic heterocycles. The highest BCUT2D eigenvalue weighted by molar-refractivity contribution is 5.12. The number of ether oxygens (including phenoxy) is 1. The highest BCUT2D eigenvalue weighted by Gasteiger charge is 2.26. The standard InChI is InChI=1S/C14H23NO2/c1-3-12-5-6-13(17-12)14(15-4-2)11-7-9-16-10-8-11/h5-6,11,14-15H,3-4,7-10H2,1-2H3. The van der Waals surface area contributed by atoms with Crippen molar-refractivity contribution in [2.75, 3.05) is 19.8 Å². The molecule has 0 amide bonds. The van der Waals surface area contributed by atoms with Crippen molar-refractivity contribution in [2.45, 2.75) is 39.2 Å². The van der Waals surface area contributed by atoms with E-state index in [9.17, 15) is 0 Å². The van der Waals surface area contributed by atoms with Gasteiger partial charge in [-0.2, -0.15) is 0 Å². The molecule has 0 spiro atoms. The maximum absolute atomic E-state index is 5.90. The molecule has 1 atom stereocenters. The summed E-state index contributed by atoms with van der Waals surface area (Å²) >= 11 is 0. The first kappa shape index (κ1) is 12.7. The molecule has 0 bridgehead atoms. The van der Waals surface area contributed by atoms with E-state index in [4.69, 9.17) is 9.15 Å². The molecule has 1 unspecified atom stereocenters. The van der Waals surface area contributed by atoms with Gasteiger partial charge in [0.25, 0.3) is 0 Å². The summed E-state index contributed by atoms with van der Waals surface area (Å²) in [6.45, 7) is 7.02. The average molecular weight is 237 g/mol. The summed E-state index contributed by atoms with van der Waals surface area (Å²) in [4.78, 5) is 0. The lowest BCUT2D eigenvalue weighted by Gasteiger charge is -2.29. The largest absolute Gasteiger partial charge is 0.464 e. The summed E-state index contributed by atoms with van der Waals surface area (Å²) in [6.07, 6.45) is 3.21. The fraction of sp³-hybridized carbons (Fsp3) is 0.714. The van der Waals surface area contributed by atoms with Crippen molar-refractivity contribution in [1.82, 2.24) is 5.32 Å². The maximum Gasteiger partial charge on any atom is 0.121 e. The molecule has 1 aliphatic rings. The van der Waals surface area contributed by atoms with E-state index in [1.807, 2.05) is 0 Å². The number of hydrogen-bond donors (Lipinski definition) is 1. The summed E-state index contributed by atoms with van der Waals surface area (Å²) in [5.74, 6) is 2.81. The highest BCUT2D eigenvalue weighted by atomic mass is 16.5. The van der Waals surface area contributed by atoms with Crippen LogP contribution in [0.5, 0.6) is 0 Å². The van der Waals surface area contributed by atoms with Crippen LogP contribution in [-0.4, -0.2) is 19.8 Å². The molecule has 1 N–H and O–H groups in total. The van der Waals surface area contributed by atoms with Gasteiger partial charge in [-0.3, -0.25) is 0 Å². The van der Waals surface area contributed by atoms with E-state index in [0.29, 0.717) is 12.0 Å². The number of rotatable bonds is 5. The summed E-state index contributed by atoms with van der Waals surface area (Å²) in [5.41, 5.74) is 0. The third-order valence-corrected chi connectivity index (χ3v) is 3.50. The third-order valence-electron chi connectivity index (χ3n) is 3.50. The zero-order valence-electron chi connectivity index (χ0n) is 10.9.